The predicted molar refractivity (Wildman–Crippen MR) is 100 cm³/mol. The summed E-state index contributed by atoms with van der Waals surface area (Å²) in [5.74, 6) is 0.372. The third-order valence-electron chi connectivity index (χ3n) is 4.13. The largest absolute Gasteiger partial charge is 0.493 e. The summed E-state index contributed by atoms with van der Waals surface area (Å²) in [6.45, 7) is 0. The number of methoxy groups -OCH3 is 3. The molecule has 0 aliphatic rings. The first kappa shape index (κ1) is 19.6. The predicted octanol–water partition coefficient (Wildman–Crippen LogP) is 3.85. The Morgan fingerprint density at radius 2 is 1.52 bits per heavy atom. The Morgan fingerprint density at radius 3 is 2.10 bits per heavy atom. The molecule has 0 N–H and O–H groups in total. The monoisotopic (exact) mass is 401 g/mol. The highest BCUT2D eigenvalue weighted by atomic mass is 16.6. The number of nitro groups is 2. The summed E-state index contributed by atoms with van der Waals surface area (Å²) in [6.07, 6.45) is 1.14. The van der Waals surface area contributed by atoms with Gasteiger partial charge >= 0.3 is 11.4 Å². The quantitative estimate of drug-likeness (QED) is 0.426. The molecule has 0 bridgehead atoms. The molecule has 0 aliphatic carbocycles. The maximum Gasteiger partial charge on any atom is 0.315 e. The highest BCUT2D eigenvalue weighted by Crippen LogP contribution is 2.43. The third-order valence-corrected chi connectivity index (χ3v) is 4.13. The normalized spacial score (nSPS) is 10.4. The second-order valence-corrected chi connectivity index (χ2v) is 5.66. The van der Waals surface area contributed by atoms with Crippen molar-refractivity contribution in [1.82, 2.24) is 4.98 Å². The molecule has 0 atom stereocenters. The number of nitro benzene ring substituents is 2. The zero-order chi connectivity index (χ0) is 21.1. The highest BCUT2D eigenvalue weighted by molar-refractivity contribution is 5.81. The summed E-state index contributed by atoms with van der Waals surface area (Å²) in [5, 5.41) is 22.8. The summed E-state index contributed by atoms with van der Waals surface area (Å²) < 4.78 is 20.7. The summed E-state index contributed by atoms with van der Waals surface area (Å²) in [7, 11) is 3.97. The number of rotatable bonds is 7. The number of nitrogens with zero attached hydrogens (tertiary/aromatic N) is 3. The van der Waals surface area contributed by atoms with Crippen LogP contribution in [0.4, 0.5) is 11.4 Å². The van der Waals surface area contributed by atoms with Gasteiger partial charge < -0.3 is 18.6 Å². The van der Waals surface area contributed by atoms with E-state index in [1.807, 2.05) is 0 Å². The van der Waals surface area contributed by atoms with Crippen LogP contribution in [0.5, 0.6) is 17.2 Å². The van der Waals surface area contributed by atoms with Gasteiger partial charge in [0.1, 0.15) is 5.69 Å². The first-order valence-electron chi connectivity index (χ1n) is 8.08. The molecule has 0 fully saturated rings. The lowest BCUT2D eigenvalue weighted by Crippen LogP contribution is -1.98. The fraction of sp³-hybridized carbons (Fsp3) is 0.167. The Bertz CT molecular complexity index is 1090. The van der Waals surface area contributed by atoms with Crippen LogP contribution in [0.2, 0.25) is 0 Å². The number of oxazole rings is 1. The van der Waals surface area contributed by atoms with Gasteiger partial charge in [-0.05, 0) is 18.2 Å². The molecule has 3 aromatic rings. The molecular weight excluding hydrogens is 386 g/mol. The molecule has 0 spiro atoms. The van der Waals surface area contributed by atoms with E-state index in [-0.39, 0.29) is 40.1 Å². The van der Waals surface area contributed by atoms with E-state index < -0.39 is 9.85 Å². The van der Waals surface area contributed by atoms with Gasteiger partial charge in [-0.3, -0.25) is 20.2 Å². The fourth-order valence-corrected chi connectivity index (χ4v) is 2.85. The Balaban J connectivity index is 2.19. The molecular formula is C18H15N3O8. The molecule has 150 valence electrons. The van der Waals surface area contributed by atoms with Gasteiger partial charge in [0.25, 0.3) is 0 Å². The first-order chi connectivity index (χ1) is 13.9. The van der Waals surface area contributed by atoms with Crippen LogP contribution < -0.4 is 14.2 Å². The van der Waals surface area contributed by atoms with E-state index in [0.29, 0.717) is 11.1 Å². The van der Waals surface area contributed by atoms with Crippen LogP contribution in [0.25, 0.3) is 22.6 Å². The summed E-state index contributed by atoms with van der Waals surface area (Å²) >= 11 is 0. The van der Waals surface area contributed by atoms with Crippen molar-refractivity contribution >= 4 is 11.4 Å². The minimum atomic E-state index is -0.608. The Labute approximate surface area is 163 Å². The van der Waals surface area contributed by atoms with Gasteiger partial charge in [-0.1, -0.05) is 0 Å². The minimum Gasteiger partial charge on any atom is -0.493 e. The first-order valence-corrected chi connectivity index (χ1v) is 8.08. The van der Waals surface area contributed by atoms with Gasteiger partial charge in [0.05, 0.1) is 31.2 Å². The summed E-state index contributed by atoms with van der Waals surface area (Å²) in [5.41, 5.74) is 0.328. The maximum absolute atomic E-state index is 11.5. The van der Waals surface area contributed by atoms with Crippen molar-refractivity contribution in [2.45, 2.75) is 0 Å². The van der Waals surface area contributed by atoms with Crippen molar-refractivity contribution < 1.29 is 28.5 Å². The lowest BCUT2D eigenvalue weighted by Gasteiger charge is -2.10. The van der Waals surface area contributed by atoms with E-state index in [2.05, 4.69) is 4.98 Å². The van der Waals surface area contributed by atoms with E-state index in [1.54, 1.807) is 6.07 Å². The number of aromatic nitrogens is 1. The molecule has 29 heavy (non-hydrogen) atoms. The van der Waals surface area contributed by atoms with E-state index in [4.69, 9.17) is 18.6 Å². The number of hydrogen-bond acceptors (Lipinski definition) is 9. The van der Waals surface area contributed by atoms with E-state index in [1.165, 1.54) is 45.6 Å². The molecule has 3 rings (SSSR count). The fourth-order valence-electron chi connectivity index (χ4n) is 2.85. The lowest BCUT2D eigenvalue weighted by molar-refractivity contribution is -0.385. The molecule has 2 aromatic carbocycles. The Kier molecular flexibility index (Phi) is 5.30. The number of benzene rings is 2. The molecule has 0 amide bonds. The van der Waals surface area contributed by atoms with Crippen LogP contribution >= 0.6 is 0 Å². The molecule has 11 nitrogen and oxygen atoms in total. The highest BCUT2D eigenvalue weighted by Gasteiger charge is 2.25. The van der Waals surface area contributed by atoms with Gasteiger partial charge in [0.2, 0.25) is 5.75 Å². The van der Waals surface area contributed by atoms with Crippen molar-refractivity contribution in [1.29, 1.82) is 0 Å². The topological polar surface area (TPSA) is 140 Å². The van der Waals surface area contributed by atoms with Gasteiger partial charge in [-0.2, -0.15) is 0 Å². The summed E-state index contributed by atoms with van der Waals surface area (Å²) in [6, 6.07) is 7.03. The molecule has 11 heteroatoms. The van der Waals surface area contributed by atoms with Crippen molar-refractivity contribution in [2.75, 3.05) is 21.3 Å². The van der Waals surface area contributed by atoms with Crippen LogP contribution in [0.1, 0.15) is 0 Å². The molecule has 0 aliphatic heterocycles. The van der Waals surface area contributed by atoms with Gasteiger partial charge in [0, 0.05) is 23.3 Å². The second-order valence-electron chi connectivity index (χ2n) is 5.66. The van der Waals surface area contributed by atoms with Gasteiger partial charge in [0.15, 0.2) is 23.7 Å². The average molecular weight is 401 g/mol. The molecule has 0 saturated heterocycles. The van der Waals surface area contributed by atoms with Crippen molar-refractivity contribution in [3.8, 4) is 39.8 Å². The minimum absolute atomic E-state index is 0.0358. The van der Waals surface area contributed by atoms with E-state index in [9.17, 15) is 20.2 Å². The van der Waals surface area contributed by atoms with Gasteiger partial charge in [-0.25, -0.2) is 4.98 Å². The summed E-state index contributed by atoms with van der Waals surface area (Å²) in [4.78, 5) is 25.7. The van der Waals surface area contributed by atoms with Crippen molar-refractivity contribution in [2.24, 2.45) is 0 Å². The van der Waals surface area contributed by atoms with Crippen molar-refractivity contribution in [3.63, 3.8) is 0 Å². The van der Waals surface area contributed by atoms with Crippen LogP contribution in [0.3, 0.4) is 0 Å². The Hall–Kier alpha value is -4.15. The third kappa shape index (κ3) is 3.52. The van der Waals surface area contributed by atoms with Crippen LogP contribution in [0.15, 0.2) is 41.1 Å². The number of ether oxygens (including phenoxy) is 3. The smallest absolute Gasteiger partial charge is 0.315 e. The van der Waals surface area contributed by atoms with Crippen molar-refractivity contribution in [3.05, 3.63) is 57.0 Å². The molecule has 0 saturated carbocycles. The maximum atomic E-state index is 11.5. The van der Waals surface area contributed by atoms with E-state index >= 15 is 0 Å². The Morgan fingerprint density at radius 1 is 0.862 bits per heavy atom. The van der Waals surface area contributed by atoms with Crippen LogP contribution in [-0.4, -0.2) is 36.2 Å². The zero-order valence-electron chi connectivity index (χ0n) is 15.6. The standard InChI is InChI=1S/C18H15N3O8/c1-26-14-5-4-10(6-12(14)20(22)23)17-16(19-9-29-17)11-7-13(21(24)25)18(28-3)15(8-11)27-2/h4-9H,1-3H3. The molecule has 1 aromatic heterocycles. The number of hydrogen-bond donors (Lipinski definition) is 0. The van der Waals surface area contributed by atoms with Crippen LogP contribution in [-0.2, 0) is 0 Å². The second kappa shape index (κ2) is 7.84. The van der Waals surface area contributed by atoms with E-state index in [0.717, 1.165) is 6.39 Å². The molecule has 0 unspecified atom stereocenters. The van der Waals surface area contributed by atoms with Gasteiger partial charge in [-0.15, -0.1) is 0 Å². The molecule has 0 radical (unpaired) electrons. The average Bonchev–Trinajstić information content (AvgIpc) is 3.21. The van der Waals surface area contributed by atoms with Crippen LogP contribution in [0, 0.1) is 20.2 Å². The lowest BCUT2D eigenvalue weighted by atomic mass is 10.0. The molecule has 1 heterocycles. The zero-order valence-corrected chi connectivity index (χ0v) is 15.6. The SMILES string of the molecule is COc1ccc(-c2ocnc2-c2cc(OC)c(OC)c([N+](=O)[O-])c2)cc1[N+](=O)[O-].